The molecule has 0 aliphatic rings. The van der Waals surface area contributed by atoms with Gasteiger partial charge in [-0.15, -0.1) is 0 Å². The first-order valence-electron chi connectivity index (χ1n) is 6.97. The third kappa shape index (κ3) is 2.90. The van der Waals surface area contributed by atoms with E-state index in [1.165, 1.54) is 0 Å². The molecule has 0 saturated carbocycles. The van der Waals surface area contributed by atoms with Crippen molar-refractivity contribution in [1.82, 2.24) is 4.98 Å². The molecule has 0 radical (unpaired) electrons. The number of aryl methyl sites for hydroxylation is 2. The Balaban J connectivity index is 2.34. The Bertz CT molecular complexity index is 951. The van der Waals surface area contributed by atoms with Crippen LogP contribution in [-0.2, 0) is 0 Å². The molecule has 3 aromatic rings. The number of pyridine rings is 1. The summed E-state index contributed by atoms with van der Waals surface area (Å²) in [6, 6.07) is 10.5. The molecule has 0 atom stereocenters. The van der Waals surface area contributed by atoms with E-state index in [-0.39, 0.29) is 5.56 Å². The molecule has 3 nitrogen and oxygen atoms in total. The summed E-state index contributed by atoms with van der Waals surface area (Å²) in [6.07, 6.45) is 0. The highest BCUT2D eigenvalue weighted by Crippen LogP contribution is 2.31. The standard InChI is InChI=1S/C18H13Cl2NO2/c1-9-5-10(2)17-12(18(22)23)8-15(21-16(17)6-9)11-3-4-13(19)14(20)7-11/h3-8H,1-2H3,(H,22,23). The summed E-state index contributed by atoms with van der Waals surface area (Å²) in [6.45, 7) is 3.85. The molecule has 0 aliphatic carbocycles. The van der Waals surface area contributed by atoms with E-state index in [4.69, 9.17) is 23.2 Å². The molecule has 0 spiro atoms. The van der Waals surface area contributed by atoms with Crippen LogP contribution in [0.15, 0.2) is 36.4 Å². The lowest BCUT2D eigenvalue weighted by molar-refractivity contribution is 0.0699. The number of aromatic nitrogens is 1. The summed E-state index contributed by atoms with van der Waals surface area (Å²) in [5.41, 5.74) is 4.09. The Kier molecular flexibility index (Phi) is 4.00. The Morgan fingerprint density at radius 1 is 1.04 bits per heavy atom. The summed E-state index contributed by atoms with van der Waals surface area (Å²) >= 11 is 12.0. The van der Waals surface area contributed by atoms with Crippen molar-refractivity contribution in [2.75, 3.05) is 0 Å². The van der Waals surface area contributed by atoms with Gasteiger partial charge in [0.1, 0.15) is 0 Å². The number of hydrogen-bond acceptors (Lipinski definition) is 2. The summed E-state index contributed by atoms with van der Waals surface area (Å²) < 4.78 is 0. The number of benzene rings is 2. The summed E-state index contributed by atoms with van der Waals surface area (Å²) in [7, 11) is 0. The van der Waals surface area contributed by atoms with Crippen LogP contribution in [0.1, 0.15) is 21.5 Å². The van der Waals surface area contributed by atoms with Gasteiger partial charge in [0.05, 0.1) is 26.8 Å². The fraction of sp³-hybridized carbons (Fsp3) is 0.111. The fourth-order valence-electron chi connectivity index (χ4n) is 2.73. The molecule has 23 heavy (non-hydrogen) atoms. The van der Waals surface area contributed by atoms with Gasteiger partial charge in [-0.2, -0.15) is 0 Å². The first-order chi connectivity index (χ1) is 10.9. The van der Waals surface area contributed by atoms with E-state index < -0.39 is 5.97 Å². The number of carboxylic acid groups (broad SMARTS) is 1. The van der Waals surface area contributed by atoms with Gasteiger partial charge in [-0.3, -0.25) is 0 Å². The predicted octanol–water partition coefficient (Wildman–Crippen LogP) is 5.52. The number of hydrogen-bond donors (Lipinski definition) is 1. The third-order valence-electron chi connectivity index (χ3n) is 3.70. The number of carboxylic acids is 1. The molecule has 3 rings (SSSR count). The Hall–Kier alpha value is -2.10. The molecule has 1 N–H and O–H groups in total. The first kappa shape index (κ1) is 15.8. The molecule has 0 fully saturated rings. The lowest BCUT2D eigenvalue weighted by atomic mass is 9.99. The molecular formula is C18H13Cl2NO2. The van der Waals surface area contributed by atoms with E-state index in [0.29, 0.717) is 26.6 Å². The highest BCUT2D eigenvalue weighted by molar-refractivity contribution is 6.42. The number of halogens is 2. The molecule has 1 aromatic heterocycles. The van der Waals surface area contributed by atoms with Crippen molar-refractivity contribution in [3.05, 3.63) is 63.1 Å². The van der Waals surface area contributed by atoms with E-state index in [9.17, 15) is 9.90 Å². The highest BCUT2D eigenvalue weighted by Gasteiger charge is 2.15. The van der Waals surface area contributed by atoms with E-state index in [1.807, 2.05) is 26.0 Å². The molecule has 116 valence electrons. The first-order valence-corrected chi connectivity index (χ1v) is 7.73. The van der Waals surface area contributed by atoms with E-state index in [2.05, 4.69) is 4.98 Å². The number of aromatic carboxylic acids is 1. The predicted molar refractivity (Wildman–Crippen MR) is 93.6 cm³/mol. The van der Waals surface area contributed by atoms with Crippen LogP contribution in [0, 0.1) is 13.8 Å². The molecule has 0 saturated heterocycles. The van der Waals surface area contributed by atoms with Crippen molar-refractivity contribution in [3.8, 4) is 11.3 Å². The number of rotatable bonds is 2. The van der Waals surface area contributed by atoms with Crippen LogP contribution in [0.3, 0.4) is 0 Å². The smallest absolute Gasteiger partial charge is 0.336 e. The van der Waals surface area contributed by atoms with Crippen molar-refractivity contribution >= 4 is 40.1 Å². The van der Waals surface area contributed by atoms with Gasteiger partial charge in [0.15, 0.2) is 0 Å². The quantitative estimate of drug-likeness (QED) is 0.664. The monoisotopic (exact) mass is 345 g/mol. The largest absolute Gasteiger partial charge is 0.478 e. The number of fused-ring (bicyclic) bond motifs is 1. The maximum absolute atomic E-state index is 11.7. The summed E-state index contributed by atoms with van der Waals surface area (Å²) in [4.78, 5) is 16.3. The zero-order chi connectivity index (χ0) is 16.7. The minimum Gasteiger partial charge on any atom is -0.478 e. The van der Waals surface area contributed by atoms with Gasteiger partial charge in [-0.1, -0.05) is 35.3 Å². The van der Waals surface area contributed by atoms with E-state index in [0.717, 1.165) is 16.7 Å². The lowest BCUT2D eigenvalue weighted by Gasteiger charge is -2.11. The normalized spacial score (nSPS) is 11.0. The minimum absolute atomic E-state index is 0.230. The van der Waals surface area contributed by atoms with Gasteiger partial charge in [-0.05, 0) is 49.2 Å². The molecule has 5 heteroatoms. The summed E-state index contributed by atoms with van der Waals surface area (Å²) in [5.74, 6) is -0.981. The van der Waals surface area contributed by atoms with Crippen LogP contribution >= 0.6 is 23.2 Å². The second-order valence-corrected chi connectivity index (χ2v) is 6.28. The molecule has 0 aliphatic heterocycles. The topological polar surface area (TPSA) is 50.2 Å². The van der Waals surface area contributed by atoms with Crippen molar-refractivity contribution in [1.29, 1.82) is 0 Å². The second kappa shape index (κ2) is 5.84. The SMILES string of the molecule is Cc1cc(C)c2c(C(=O)O)cc(-c3ccc(Cl)c(Cl)c3)nc2c1. The van der Waals surface area contributed by atoms with Gasteiger partial charge in [0.25, 0.3) is 0 Å². The van der Waals surface area contributed by atoms with Gasteiger partial charge in [-0.25, -0.2) is 9.78 Å². The van der Waals surface area contributed by atoms with Crippen molar-refractivity contribution < 1.29 is 9.90 Å². The van der Waals surface area contributed by atoms with Crippen LogP contribution in [0.4, 0.5) is 0 Å². The van der Waals surface area contributed by atoms with Crippen LogP contribution in [0.5, 0.6) is 0 Å². The zero-order valence-electron chi connectivity index (χ0n) is 12.5. The molecule has 0 unspecified atom stereocenters. The third-order valence-corrected chi connectivity index (χ3v) is 4.44. The zero-order valence-corrected chi connectivity index (χ0v) is 14.0. The van der Waals surface area contributed by atoms with Gasteiger partial charge in [0.2, 0.25) is 0 Å². The van der Waals surface area contributed by atoms with Crippen molar-refractivity contribution in [2.24, 2.45) is 0 Å². The van der Waals surface area contributed by atoms with E-state index in [1.54, 1.807) is 24.3 Å². The van der Waals surface area contributed by atoms with Crippen LogP contribution < -0.4 is 0 Å². The Morgan fingerprint density at radius 3 is 2.43 bits per heavy atom. The number of nitrogens with zero attached hydrogens (tertiary/aromatic N) is 1. The fourth-order valence-corrected chi connectivity index (χ4v) is 3.02. The second-order valence-electron chi connectivity index (χ2n) is 5.47. The maximum atomic E-state index is 11.7. The molecule has 0 bridgehead atoms. The van der Waals surface area contributed by atoms with Crippen molar-refractivity contribution in [3.63, 3.8) is 0 Å². The Labute approximate surface area is 143 Å². The average molecular weight is 346 g/mol. The molecule has 1 heterocycles. The summed E-state index contributed by atoms with van der Waals surface area (Å²) in [5, 5.41) is 11.1. The maximum Gasteiger partial charge on any atom is 0.336 e. The lowest BCUT2D eigenvalue weighted by Crippen LogP contribution is -2.02. The average Bonchev–Trinajstić information content (AvgIpc) is 2.48. The molecule has 0 amide bonds. The van der Waals surface area contributed by atoms with Gasteiger partial charge in [0, 0.05) is 10.9 Å². The molecular weight excluding hydrogens is 333 g/mol. The highest BCUT2D eigenvalue weighted by atomic mass is 35.5. The Morgan fingerprint density at radius 2 is 1.78 bits per heavy atom. The van der Waals surface area contributed by atoms with Gasteiger partial charge >= 0.3 is 5.97 Å². The van der Waals surface area contributed by atoms with Gasteiger partial charge < -0.3 is 5.11 Å². The van der Waals surface area contributed by atoms with Crippen molar-refractivity contribution in [2.45, 2.75) is 13.8 Å². The number of carbonyl (C=O) groups is 1. The van der Waals surface area contributed by atoms with Crippen LogP contribution in [-0.4, -0.2) is 16.1 Å². The van der Waals surface area contributed by atoms with Crippen LogP contribution in [0.2, 0.25) is 10.0 Å². The molecule has 2 aromatic carbocycles. The van der Waals surface area contributed by atoms with E-state index >= 15 is 0 Å². The minimum atomic E-state index is -0.981. The van der Waals surface area contributed by atoms with Crippen LogP contribution in [0.25, 0.3) is 22.2 Å².